The summed E-state index contributed by atoms with van der Waals surface area (Å²) in [5, 5.41) is 10.2. The van der Waals surface area contributed by atoms with Gasteiger partial charge in [-0.3, -0.25) is 4.79 Å². The second-order valence-corrected chi connectivity index (χ2v) is 3.96. The van der Waals surface area contributed by atoms with E-state index < -0.39 is 11.6 Å². The average molecular weight is 266 g/mol. The van der Waals surface area contributed by atoms with Gasteiger partial charge in [0.1, 0.15) is 5.69 Å². The zero-order chi connectivity index (χ0) is 13.8. The topological polar surface area (TPSA) is 59.8 Å². The minimum absolute atomic E-state index is 0.00160. The second kappa shape index (κ2) is 5.55. The molecule has 0 fully saturated rings. The predicted molar refractivity (Wildman–Crippen MR) is 63.7 cm³/mol. The Balaban J connectivity index is 2.12. The predicted octanol–water partition coefficient (Wildman–Crippen LogP) is 1.22. The van der Waals surface area contributed by atoms with E-state index in [4.69, 9.17) is 0 Å². The minimum Gasteiger partial charge on any atom is -0.356 e. The summed E-state index contributed by atoms with van der Waals surface area (Å²) in [7, 11) is 0. The van der Waals surface area contributed by atoms with E-state index in [0.717, 1.165) is 6.07 Å². The minimum atomic E-state index is -0.971. The third-order valence-corrected chi connectivity index (χ3v) is 2.47. The maximum atomic E-state index is 13.5. The molecule has 0 atom stereocenters. The summed E-state index contributed by atoms with van der Waals surface area (Å²) in [6.45, 7) is 1.83. The zero-order valence-electron chi connectivity index (χ0n) is 10.2. The van der Waals surface area contributed by atoms with Gasteiger partial charge in [-0.2, -0.15) is 0 Å². The molecule has 0 aliphatic heterocycles. The molecule has 2 aromatic rings. The Morgan fingerprint density at radius 2 is 2.21 bits per heavy atom. The number of hydrogen-bond acceptors (Lipinski definition) is 3. The zero-order valence-corrected chi connectivity index (χ0v) is 10.2. The number of nitrogens with zero attached hydrogens (tertiary/aromatic N) is 3. The van der Waals surface area contributed by atoms with Crippen LogP contribution in [-0.4, -0.2) is 27.4 Å². The summed E-state index contributed by atoms with van der Waals surface area (Å²) < 4.78 is 27.8. The van der Waals surface area contributed by atoms with Crippen LogP contribution in [-0.2, 0) is 11.2 Å². The lowest BCUT2D eigenvalue weighted by Crippen LogP contribution is -2.22. The molecule has 0 spiro atoms. The third-order valence-electron chi connectivity index (χ3n) is 2.47. The number of hydrogen-bond donors (Lipinski definition) is 1. The monoisotopic (exact) mass is 266 g/mol. The molecule has 1 heterocycles. The first kappa shape index (κ1) is 13.1. The van der Waals surface area contributed by atoms with E-state index in [1.807, 2.05) is 0 Å². The molecular weight excluding hydrogens is 254 g/mol. The number of rotatable bonds is 4. The van der Waals surface area contributed by atoms with Gasteiger partial charge in [0.15, 0.2) is 11.6 Å². The van der Waals surface area contributed by atoms with E-state index >= 15 is 0 Å². The van der Waals surface area contributed by atoms with E-state index in [9.17, 15) is 13.6 Å². The van der Waals surface area contributed by atoms with Crippen molar-refractivity contribution in [1.82, 2.24) is 20.3 Å². The van der Waals surface area contributed by atoms with Gasteiger partial charge in [0, 0.05) is 19.9 Å². The quantitative estimate of drug-likeness (QED) is 0.905. The number of halogens is 2. The van der Waals surface area contributed by atoms with E-state index in [2.05, 4.69) is 15.6 Å². The summed E-state index contributed by atoms with van der Waals surface area (Å²) in [4.78, 5) is 10.7. The van der Waals surface area contributed by atoms with Crippen molar-refractivity contribution < 1.29 is 13.6 Å². The van der Waals surface area contributed by atoms with E-state index in [-0.39, 0.29) is 11.6 Å². The van der Waals surface area contributed by atoms with Crippen molar-refractivity contribution in [3.8, 4) is 5.69 Å². The average Bonchev–Trinajstić information content (AvgIpc) is 2.81. The standard InChI is InChI=1S/C12H12F2N4O/c1-8(19)15-6-5-9-7-18(17-16-9)11-4-2-3-10(13)12(11)14/h2-4,7H,5-6H2,1H3,(H,15,19). The summed E-state index contributed by atoms with van der Waals surface area (Å²) in [5.41, 5.74) is 0.579. The molecule has 1 amide bonds. The van der Waals surface area contributed by atoms with E-state index in [1.165, 1.54) is 29.9 Å². The van der Waals surface area contributed by atoms with Crippen LogP contribution in [0.3, 0.4) is 0 Å². The summed E-state index contributed by atoms with van der Waals surface area (Å²) in [6, 6.07) is 3.84. The fourth-order valence-corrected chi connectivity index (χ4v) is 1.57. The Morgan fingerprint density at radius 3 is 2.95 bits per heavy atom. The molecule has 19 heavy (non-hydrogen) atoms. The Labute approximate surface area is 108 Å². The summed E-state index contributed by atoms with van der Waals surface area (Å²) >= 11 is 0. The first-order chi connectivity index (χ1) is 9.08. The lowest BCUT2D eigenvalue weighted by molar-refractivity contribution is -0.118. The number of carbonyl (C=O) groups excluding carboxylic acids is 1. The molecule has 1 N–H and O–H groups in total. The van der Waals surface area contributed by atoms with Crippen LogP contribution in [0.5, 0.6) is 0 Å². The van der Waals surface area contributed by atoms with Gasteiger partial charge in [-0.25, -0.2) is 13.5 Å². The van der Waals surface area contributed by atoms with Gasteiger partial charge in [-0.05, 0) is 12.1 Å². The number of aromatic nitrogens is 3. The highest BCUT2D eigenvalue weighted by Gasteiger charge is 2.11. The number of nitrogens with one attached hydrogen (secondary N) is 1. The highest BCUT2D eigenvalue weighted by molar-refractivity contribution is 5.72. The Kier molecular flexibility index (Phi) is 3.84. The summed E-state index contributed by atoms with van der Waals surface area (Å²) in [5.74, 6) is -2.04. The molecule has 0 unspecified atom stereocenters. The number of carbonyl (C=O) groups is 1. The molecule has 7 heteroatoms. The molecule has 0 saturated carbocycles. The molecule has 0 radical (unpaired) electrons. The Hall–Kier alpha value is -2.31. The van der Waals surface area contributed by atoms with Gasteiger partial charge < -0.3 is 5.32 Å². The SMILES string of the molecule is CC(=O)NCCc1cn(-c2cccc(F)c2F)nn1. The molecule has 1 aromatic heterocycles. The molecule has 0 bridgehead atoms. The van der Waals surface area contributed by atoms with Crippen molar-refractivity contribution in [2.24, 2.45) is 0 Å². The van der Waals surface area contributed by atoms with Crippen LogP contribution in [0.25, 0.3) is 5.69 Å². The van der Waals surface area contributed by atoms with Gasteiger partial charge in [0.2, 0.25) is 5.91 Å². The van der Waals surface area contributed by atoms with Crippen LogP contribution < -0.4 is 5.32 Å². The van der Waals surface area contributed by atoms with Crippen molar-refractivity contribution in [1.29, 1.82) is 0 Å². The molecule has 2 rings (SSSR count). The molecule has 0 aliphatic carbocycles. The van der Waals surface area contributed by atoms with Crippen LogP contribution in [0, 0.1) is 11.6 Å². The van der Waals surface area contributed by atoms with Gasteiger partial charge in [0.25, 0.3) is 0 Å². The molecule has 1 aromatic carbocycles. The fourth-order valence-electron chi connectivity index (χ4n) is 1.57. The van der Waals surface area contributed by atoms with Gasteiger partial charge in [-0.1, -0.05) is 11.3 Å². The first-order valence-corrected chi connectivity index (χ1v) is 5.68. The van der Waals surface area contributed by atoms with E-state index in [1.54, 1.807) is 0 Å². The second-order valence-electron chi connectivity index (χ2n) is 3.96. The van der Waals surface area contributed by atoms with Crippen molar-refractivity contribution in [2.45, 2.75) is 13.3 Å². The summed E-state index contributed by atoms with van der Waals surface area (Å²) in [6.07, 6.45) is 1.97. The van der Waals surface area contributed by atoms with Crippen LogP contribution in [0.15, 0.2) is 24.4 Å². The Bertz CT molecular complexity index is 597. The molecule has 5 nitrogen and oxygen atoms in total. The van der Waals surface area contributed by atoms with E-state index in [0.29, 0.717) is 18.7 Å². The van der Waals surface area contributed by atoms with Crippen molar-refractivity contribution in [3.05, 3.63) is 41.7 Å². The van der Waals surface area contributed by atoms with Gasteiger partial charge in [0.05, 0.1) is 11.9 Å². The maximum absolute atomic E-state index is 13.5. The lowest BCUT2D eigenvalue weighted by Gasteiger charge is -2.02. The van der Waals surface area contributed by atoms with Crippen LogP contribution >= 0.6 is 0 Å². The van der Waals surface area contributed by atoms with Crippen LogP contribution in [0.2, 0.25) is 0 Å². The van der Waals surface area contributed by atoms with Crippen LogP contribution in [0.1, 0.15) is 12.6 Å². The smallest absolute Gasteiger partial charge is 0.216 e. The molecule has 0 aliphatic rings. The van der Waals surface area contributed by atoms with Gasteiger partial charge in [-0.15, -0.1) is 5.10 Å². The molecule has 0 saturated heterocycles. The highest BCUT2D eigenvalue weighted by atomic mass is 19.2. The number of amides is 1. The first-order valence-electron chi connectivity index (χ1n) is 5.68. The fraction of sp³-hybridized carbons (Fsp3) is 0.250. The molecular formula is C12H12F2N4O. The lowest BCUT2D eigenvalue weighted by atomic mass is 10.3. The van der Waals surface area contributed by atoms with Crippen molar-refractivity contribution in [3.63, 3.8) is 0 Å². The van der Waals surface area contributed by atoms with Crippen LogP contribution in [0.4, 0.5) is 8.78 Å². The van der Waals surface area contributed by atoms with Gasteiger partial charge >= 0.3 is 0 Å². The third kappa shape index (κ3) is 3.12. The number of benzene rings is 1. The maximum Gasteiger partial charge on any atom is 0.216 e. The Morgan fingerprint density at radius 1 is 1.42 bits per heavy atom. The normalized spacial score (nSPS) is 10.5. The highest BCUT2D eigenvalue weighted by Crippen LogP contribution is 2.15. The van der Waals surface area contributed by atoms with Crippen molar-refractivity contribution >= 4 is 5.91 Å². The largest absolute Gasteiger partial charge is 0.356 e. The molecule has 100 valence electrons. The van der Waals surface area contributed by atoms with Crippen molar-refractivity contribution in [2.75, 3.05) is 6.54 Å².